The normalized spacial score (nSPS) is 12.5. The molecule has 0 heterocycles. The first-order chi connectivity index (χ1) is 5.11. The van der Waals surface area contributed by atoms with E-state index in [1.165, 1.54) is 0 Å². The van der Waals surface area contributed by atoms with Gasteiger partial charge >= 0.3 is 5.97 Å². The van der Waals surface area contributed by atoms with Gasteiger partial charge in [-0.25, -0.2) is 0 Å². The molecule has 0 saturated heterocycles. The molecular formula is C4H10O5Si2. The van der Waals surface area contributed by atoms with Gasteiger partial charge in [0, 0.05) is 0 Å². The largest absolute Gasteiger partial charge is 0.529 e. The monoisotopic (exact) mass is 194 g/mol. The Morgan fingerprint density at radius 3 is 2.27 bits per heavy atom. The summed E-state index contributed by atoms with van der Waals surface area (Å²) in [5.41, 5.74) is 0. The highest BCUT2D eigenvalue weighted by Crippen LogP contribution is 1.94. The molecule has 1 N–H and O–H groups in total. The van der Waals surface area contributed by atoms with Crippen LogP contribution >= 0.6 is 0 Å². The van der Waals surface area contributed by atoms with Crippen LogP contribution in [-0.2, 0) is 18.4 Å². The molecule has 0 aromatic rings. The number of hydrogen-bond donors (Lipinski definition) is 1. The average Bonchev–Trinajstić information content (AvgIpc) is 2.02. The van der Waals surface area contributed by atoms with Crippen molar-refractivity contribution in [2.24, 2.45) is 0 Å². The highest BCUT2D eigenvalue weighted by Gasteiger charge is 2.18. The first-order valence-electron chi connectivity index (χ1n) is 2.94. The van der Waals surface area contributed by atoms with Gasteiger partial charge in [0.1, 0.15) is 0 Å². The van der Waals surface area contributed by atoms with E-state index < -0.39 is 18.0 Å². The Morgan fingerprint density at radius 1 is 1.36 bits per heavy atom. The fraction of sp³-hybridized carbons (Fsp3) is 0.500. The average molecular weight is 194 g/mol. The number of aliphatic hydroxyl groups is 1. The lowest BCUT2D eigenvalue weighted by Gasteiger charge is -2.06. The zero-order valence-electron chi connectivity index (χ0n) is 6.36. The molecule has 64 valence electrons. The smallest absolute Gasteiger partial charge is 0.321 e. The van der Waals surface area contributed by atoms with E-state index in [-0.39, 0.29) is 27.4 Å². The van der Waals surface area contributed by atoms with E-state index in [0.29, 0.717) is 0 Å². The summed E-state index contributed by atoms with van der Waals surface area (Å²) in [6.45, 7) is 0. The summed E-state index contributed by atoms with van der Waals surface area (Å²) in [5, 5.41) is 8.88. The van der Waals surface area contributed by atoms with Crippen LogP contribution in [0, 0.1) is 0 Å². The van der Waals surface area contributed by atoms with Gasteiger partial charge in [0.25, 0.3) is 5.97 Å². The molecule has 5 nitrogen and oxygen atoms in total. The van der Waals surface area contributed by atoms with Gasteiger partial charge in [-0.05, 0) is 0 Å². The predicted molar refractivity (Wildman–Crippen MR) is 42.7 cm³/mol. The van der Waals surface area contributed by atoms with Gasteiger partial charge in [-0.3, -0.25) is 9.59 Å². The molecule has 0 amide bonds. The summed E-state index contributed by atoms with van der Waals surface area (Å²) in [5.74, 6) is -1.33. The second-order valence-corrected chi connectivity index (χ2v) is 2.64. The second kappa shape index (κ2) is 5.05. The minimum Gasteiger partial charge on any atom is -0.529 e. The summed E-state index contributed by atoms with van der Waals surface area (Å²) in [6, 6.07) is 0. The highest BCUT2D eigenvalue weighted by atomic mass is 28.2. The third-order valence-electron chi connectivity index (χ3n) is 1.06. The molecule has 0 aromatic heterocycles. The van der Waals surface area contributed by atoms with Crippen molar-refractivity contribution in [1.82, 2.24) is 0 Å². The molecule has 0 bridgehead atoms. The molecule has 0 fully saturated rings. The van der Waals surface area contributed by atoms with Crippen LogP contribution in [0.1, 0.15) is 6.42 Å². The van der Waals surface area contributed by atoms with E-state index in [4.69, 9.17) is 5.11 Å². The maximum absolute atomic E-state index is 10.5. The van der Waals surface area contributed by atoms with E-state index in [9.17, 15) is 9.59 Å². The van der Waals surface area contributed by atoms with Crippen molar-refractivity contribution >= 4 is 32.9 Å². The molecule has 0 aliphatic rings. The van der Waals surface area contributed by atoms with E-state index in [1.807, 2.05) is 0 Å². The molecule has 7 heteroatoms. The lowest BCUT2D eigenvalue weighted by Crippen LogP contribution is -2.25. The minimum atomic E-state index is -1.37. The van der Waals surface area contributed by atoms with Gasteiger partial charge in [-0.2, -0.15) is 0 Å². The molecule has 0 aromatic carbocycles. The molecule has 0 rings (SSSR count). The van der Waals surface area contributed by atoms with Crippen LogP contribution in [0.2, 0.25) is 0 Å². The molecule has 11 heavy (non-hydrogen) atoms. The standard InChI is InChI=1S/C4H10O5Si2/c5-2(4(7)9-11)1-3(6)8-10/h2,5H,1H2,10-11H3. The van der Waals surface area contributed by atoms with Crippen molar-refractivity contribution in [2.75, 3.05) is 0 Å². The summed E-state index contributed by atoms with van der Waals surface area (Å²) >= 11 is 0. The van der Waals surface area contributed by atoms with E-state index in [0.717, 1.165) is 0 Å². The maximum atomic E-state index is 10.5. The number of carbonyl (C=O) groups is 2. The van der Waals surface area contributed by atoms with Crippen LogP contribution < -0.4 is 0 Å². The fourth-order valence-corrected chi connectivity index (χ4v) is 0.899. The van der Waals surface area contributed by atoms with Crippen LogP contribution in [0.3, 0.4) is 0 Å². The van der Waals surface area contributed by atoms with Crippen molar-refractivity contribution < 1.29 is 23.5 Å². The van der Waals surface area contributed by atoms with Crippen molar-refractivity contribution in [2.45, 2.75) is 12.5 Å². The summed E-state index contributed by atoms with van der Waals surface area (Å²) in [4.78, 5) is 21.0. The summed E-state index contributed by atoms with van der Waals surface area (Å²) < 4.78 is 8.67. The zero-order chi connectivity index (χ0) is 8.85. The van der Waals surface area contributed by atoms with Crippen molar-refractivity contribution in [3.8, 4) is 0 Å². The molecular weight excluding hydrogens is 184 g/mol. The Labute approximate surface area is 69.8 Å². The molecule has 0 aliphatic carbocycles. The Kier molecular flexibility index (Phi) is 4.74. The lowest BCUT2D eigenvalue weighted by molar-refractivity contribution is -0.149. The van der Waals surface area contributed by atoms with E-state index in [1.54, 1.807) is 0 Å². The Balaban J connectivity index is 3.77. The third kappa shape index (κ3) is 3.91. The molecule has 0 radical (unpaired) electrons. The number of aliphatic hydroxyl groups excluding tert-OH is 1. The molecule has 0 saturated carbocycles. The fourth-order valence-electron chi connectivity index (χ4n) is 0.461. The molecule has 0 aliphatic heterocycles. The summed E-state index contributed by atoms with van der Waals surface area (Å²) in [6.07, 6.45) is -1.68. The lowest BCUT2D eigenvalue weighted by atomic mass is 10.3. The van der Waals surface area contributed by atoms with Gasteiger partial charge in [-0.15, -0.1) is 0 Å². The van der Waals surface area contributed by atoms with Gasteiger partial charge in [0.15, 0.2) is 6.10 Å². The molecule has 0 spiro atoms. The van der Waals surface area contributed by atoms with Gasteiger partial charge < -0.3 is 14.0 Å². The quantitative estimate of drug-likeness (QED) is 0.470. The van der Waals surface area contributed by atoms with Crippen LogP contribution in [-0.4, -0.2) is 44.1 Å². The second-order valence-electron chi connectivity index (χ2n) is 1.82. The zero-order valence-corrected chi connectivity index (χ0v) is 10.4. The number of carbonyl (C=O) groups excluding carboxylic acids is 2. The Hall–Kier alpha value is -0.666. The third-order valence-corrected chi connectivity index (χ3v) is 1.92. The molecule has 1 unspecified atom stereocenters. The first-order valence-corrected chi connectivity index (χ1v) is 4.57. The number of rotatable bonds is 3. The maximum Gasteiger partial charge on any atom is 0.321 e. The van der Waals surface area contributed by atoms with E-state index in [2.05, 4.69) is 8.85 Å². The summed E-state index contributed by atoms with van der Waals surface area (Å²) in [7, 11) is 0.491. The van der Waals surface area contributed by atoms with E-state index >= 15 is 0 Å². The van der Waals surface area contributed by atoms with Crippen LogP contribution in [0.5, 0.6) is 0 Å². The topological polar surface area (TPSA) is 72.8 Å². The van der Waals surface area contributed by atoms with Crippen LogP contribution in [0.15, 0.2) is 0 Å². The van der Waals surface area contributed by atoms with Crippen LogP contribution in [0.25, 0.3) is 0 Å². The van der Waals surface area contributed by atoms with Gasteiger partial charge in [0.05, 0.1) is 6.42 Å². The minimum absolute atomic E-state index is 0.220. The SMILES string of the molecule is O=C(CC(O)C(=O)O[SiH3])O[SiH3]. The Morgan fingerprint density at radius 2 is 1.91 bits per heavy atom. The van der Waals surface area contributed by atoms with Crippen molar-refractivity contribution in [3.63, 3.8) is 0 Å². The highest BCUT2D eigenvalue weighted by molar-refractivity contribution is 6.07. The Bertz CT molecular complexity index is 159. The van der Waals surface area contributed by atoms with Crippen LogP contribution in [0.4, 0.5) is 0 Å². The molecule has 1 atom stereocenters. The van der Waals surface area contributed by atoms with Crippen molar-refractivity contribution in [1.29, 1.82) is 0 Å². The van der Waals surface area contributed by atoms with Gasteiger partial charge in [0.2, 0.25) is 21.0 Å². The first kappa shape index (κ1) is 10.3. The number of hydrogen-bond acceptors (Lipinski definition) is 5. The van der Waals surface area contributed by atoms with Gasteiger partial charge in [-0.1, -0.05) is 0 Å². The van der Waals surface area contributed by atoms with Crippen molar-refractivity contribution in [3.05, 3.63) is 0 Å². The predicted octanol–water partition coefficient (Wildman–Crippen LogP) is -3.62.